The van der Waals surface area contributed by atoms with Crippen molar-refractivity contribution in [1.82, 2.24) is 15.1 Å². The highest BCUT2D eigenvalue weighted by molar-refractivity contribution is 5.76. The van der Waals surface area contributed by atoms with Crippen LogP contribution >= 0.6 is 0 Å². The van der Waals surface area contributed by atoms with Crippen LogP contribution in [0.2, 0.25) is 0 Å². The normalized spacial score (nSPS) is 21.8. The summed E-state index contributed by atoms with van der Waals surface area (Å²) in [6, 6.07) is 5.41. The van der Waals surface area contributed by atoms with Crippen molar-refractivity contribution in [2.45, 2.75) is 31.5 Å². The van der Waals surface area contributed by atoms with E-state index in [2.05, 4.69) is 5.32 Å². The lowest BCUT2D eigenvalue weighted by Gasteiger charge is -2.41. The van der Waals surface area contributed by atoms with Crippen molar-refractivity contribution in [1.29, 1.82) is 0 Å². The van der Waals surface area contributed by atoms with Crippen molar-refractivity contribution in [3.05, 3.63) is 29.8 Å². The number of esters is 3. The van der Waals surface area contributed by atoms with Crippen LogP contribution in [0.1, 0.15) is 19.4 Å². The average molecular weight is 452 g/mol. The Morgan fingerprint density at radius 2 is 1.62 bits per heavy atom. The smallest absolute Gasteiger partial charge is 0.322 e. The van der Waals surface area contributed by atoms with Gasteiger partial charge in [0.2, 0.25) is 0 Å². The van der Waals surface area contributed by atoms with Gasteiger partial charge in [-0.25, -0.2) is 0 Å². The summed E-state index contributed by atoms with van der Waals surface area (Å²) in [5, 5.41) is 13.2. The molecule has 2 rings (SSSR count). The minimum atomic E-state index is -0.881. The summed E-state index contributed by atoms with van der Waals surface area (Å²) in [4.78, 5) is 40.5. The van der Waals surface area contributed by atoms with Crippen molar-refractivity contribution >= 4 is 17.9 Å². The molecule has 178 valence electrons. The molecule has 2 N–H and O–H groups in total. The lowest BCUT2D eigenvalue weighted by molar-refractivity contribution is -0.147. The lowest BCUT2D eigenvalue weighted by Crippen LogP contribution is -2.60. The third-order valence-corrected chi connectivity index (χ3v) is 5.81. The molecule has 1 fully saturated rings. The summed E-state index contributed by atoms with van der Waals surface area (Å²) in [5.74, 6) is -1.11. The van der Waals surface area contributed by atoms with Crippen LogP contribution in [0, 0.1) is 0 Å². The highest BCUT2D eigenvalue weighted by Gasteiger charge is 2.43. The number of hydrogen-bond acceptors (Lipinski definition) is 10. The molecule has 0 aromatic heterocycles. The maximum atomic E-state index is 12.3. The quantitative estimate of drug-likeness (QED) is 0.416. The van der Waals surface area contributed by atoms with Gasteiger partial charge in [0.1, 0.15) is 17.8 Å². The van der Waals surface area contributed by atoms with Gasteiger partial charge in [0, 0.05) is 26.2 Å². The van der Waals surface area contributed by atoms with Crippen LogP contribution in [0.3, 0.4) is 0 Å². The Balaban J connectivity index is 2.55. The third kappa shape index (κ3) is 6.18. The van der Waals surface area contributed by atoms with Crippen LogP contribution in [0.5, 0.6) is 5.75 Å². The second kappa shape index (κ2) is 11.3. The van der Waals surface area contributed by atoms with Gasteiger partial charge in [-0.15, -0.1) is 0 Å². The van der Waals surface area contributed by atoms with E-state index < -0.39 is 23.6 Å². The maximum absolute atomic E-state index is 12.3. The van der Waals surface area contributed by atoms with Crippen molar-refractivity contribution in [3.63, 3.8) is 0 Å². The molecule has 0 bridgehead atoms. The summed E-state index contributed by atoms with van der Waals surface area (Å²) in [6.45, 7) is 5.16. The first kappa shape index (κ1) is 25.6. The lowest BCUT2D eigenvalue weighted by atomic mass is 9.87. The molecule has 1 aromatic carbocycles. The number of methoxy groups -OCH3 is 3. The van der Waals surface area contributed by atoms with Crippen LogP contribution in [0.4, 0.5) is 0 Å². The monoisotopic (exact) mass is 451 g/mol. The molecule has 10 heteroatoms. The summed E-state index contributed by atoms with van der Waals surface area (Å²) in [6.07, 6.45) is 0. The molecule has 1 unspecified atom stereocenters. The van der Waals surface area contributed by atoms with Gasteiger partial charge < -0.3 is 19.3 Å². The molecule has 1 aliphatic heterocycles. The fourth-order valence-electron chi connectivity index (χ4n) is 4.03. The van der Waals surface area contributed by atoms with Crippen LogP contribution in [-0.4, -0.2) is 99.0 Å². The predicted molar refractivity (Wildman–Crippen MR) is 116 cm³/mol. The van der Waals surface area contributed by atoms with Crippen molar-refractivity contribution in [2.75, 3.05) is 54.1 Å². The fraction of sp³-hybridized carbons (Fsp3) is 0.591. The Hall–Kier alpha value is -2.69. The molecule has 0 saturated carbocycles. The molecular formula is C22H33N3O7. The second-order valence-electron chi connectivity index (χ2n) is 7.97. The second-order valence-corrected chi connectivity index (χ2v) is 7.97. The number of phenols is 1. The molecule has 0 spiro atoms. The van der Waals surface area contributed by atoms with Gasteiger partial charge in [0.15, 0.2) is 0 Å². The SMILES string of the molecule is COC(=O)CN1CCN([C@H](C)C(=O)OC)CC(N[C@H](C)C(=O)OC)(c2ccc(O)cc2)C1. The standard InChI is InChI=1S/C22H33N3O7/c1-15(20(28)31-4)23-22(17-6-8-18(26)9-7-17)13-24(12-19(27)30-3)10-11-25(14-22)16(2)21(29)32-5/h6-9,15-16,23,26H,10-14H2,1-5H3/t15-,16-,22?/m1/s1. The topological polar surface area (TPSA) is 118 Å². The van der Waals surface area contributed by atoms with Crippen LogP contribution < -0.4 is 5.32 Å². The summed E-state index contributed by atoms with van der Waals surface area (Å²) in [7, 11) is 3.98. The molecule has 10 nitrogen and oxygen atoms in total. The molecule has 0 radical (unpaired) electrons. The fourth-order valence-corrected chi connectivity index (χ4v) is 4.03. The van der Waals surface area contributed by atoms with E-state index in [1.54, 1.807) is 38.1 Å². The Labute approximate surface area is 188 Å². The van der Waals surface area contributed by atoms with Gasteiger partial charge >= 0.3 is 17.9 Å². The van der Waals surface area contributed by atoms with Gasteiger partial charge in [0.25, 0.3) is 0 Å². The first-order valence-electron chi connectivity index (χ1n) is 10.4. The van der Waals surface area contributed by atoms with E-state index in [-0.39, 0.29) is 24.2 Å². The van der Waals surface area contributed by atoms with E-state index in [9.17, 15) is 19.5 Å². The van der Waals surface area contributed by atoms with Gasteiger partial charge in [-0.2, -0.15) is 0 Å². The number of nitrogens with zero attached hydrogens (tertiary/aromatic N) is 2. The molecule has 1 aromatic rings. The van der Waals surface area contributed by atoms with Crippen molar-refractivity contribution in [3.8, 4) is 5.75 Å². The number of benzene rings is 1. The molecule has 1 aliphatic rings. The Bertz CT molecular complexity index is 801. The zero-order valence-electron chi connectivity index (χ0n) is 19.3. The van der Waals surface area contributed by atoms with Crippen LogP contribution in [0.15, 0.2) is 24.3 Å². The Morgan fingerprint density at radius 3 is 2.19 bits per heavy atom. The largest absolute Gasteiger partial charge is 0.508 e. The minimum Gasteiger partial charge on any atom is -0.508 e. The van der Waals surface area contributed by atoms with Crippen LogP contribution in [-0.2, 0) is 34.1 Å². The Morgan fingerprint density at radius 1 is 1.00 bits per heavy atom. The predicted octanol–water partition coefficient (Wildman–Crippen LogP) is 0.0907. The number of carbonyl (C=O) groups excluding carboxylic acids is 3. The maximum Gasteiger partial charge on any atom is 0.322 e. The van der Waals surface area contributed by atoms with E-state index in [0.29, 0.717) is 26.2 Å². The molecule has 0 aliphatic carbocycles. The van der Waals surface area contributed by atoms with E-state index in [1.807, 2.05) is 9.80 Å². The van der Waals surface area contributed by atoms with Crippen molar-refractivity contribution in [2.24, 2.45) is 0 Å². The first-order chi connectivity index (χ1) is 15.2. The summed E-state index contributed by atoms with van der Waals surface area (Å²) < 4.78 is 14.7. The first-order valence-corrected chi connectivity index (χ1v) is 10.4. The number of phenolic OH excluding ortho intramolecular Hbond substituents is 1. The van der Waals surface area contributed by atoms with Gasteiger partial charge in [-0.1, -0.05) is 12.1 Å². The van der Waals surface area contributed by atoms with Crippen molar-refractivity contribution < 1.29 is 33.7 Å². The third-order valence-electron chi connectivity index (χ3n) is 5.81. The van der Waals surface area contributed by atoms with E-state index in [1.165, 1.54) is 21.3 Å². The molecule has 1 saturated heterocycles. The minimum absolute atomic E-state index is 0.0467. The number of aromatic hydroxyl groups is 1. The van der Waals surface area contributed by atoms with Gasteiger partial charge in [-0.3, -0.25) is 29.5 Å². The van der Waals surface area contributed by atoms with Crippen LogP contribution in [0.25, 0.3) is 0 Å². The number of ether oxygens (including phenoxy) is 3. The number of hydrogen-bond donors (Lipinski definition) is 2. The zero-order chi connectivity index (χ0) is 23.9. The van der Waals surface area contributed by atoms with Gasteiger partial charge in [0.05, 0.1) is 33.4 Å². The zero-order valence-corrected chi connectivity index (χ0v) is 19.3. The number of rotatable bonds is 8. The molecular weight excluding hydrogens is 418 g/mol. The Kier molecular flexibility index (Phi) is 8.99. The van der Waals surface area contributed by atoms with Gasteiger partial charge in [-0.05, 0) is 31.5 Å². The van der Waals surface area contributed by atoms with E-state index in [0.717, 1.165) is 5.56 Å². The summed E-state index contributed by atoms with van der Waals surface area (Å²) >= 11 is 0. The van der Waals surface area contributed by atoms with E-state index in [4.69, 9.17) is 14.2 Å². The molecule has 0 amide bonds. The number of nitrogens with one attached hydrogen (secondary N) is 1. The molecule has 1 heterocycles. The molecule has 32 heavy (non-hydrogen) atoms. The number of carbonyl (C=O) groups is 3. The summed E-state index contributed by atoms with van der Waals surface area (Å²) in [5.41, 5.74) is -0.0985. The molecule has 3 atom stereocenters. The highest BCUT2D eigenvalue weighted by Crippen LogP contribution is 2.30. The highest BCUT2D eigenvalue weighted by atomic mass is 16.5. The average Bonchev–Trinajstić information content (AvgIpc) is 2.97. The van der Waals surface area contributed by atoms with E-state index >= 15 is 0 Å².